The summed E-state index contributed by atoms with van der Waals surface area (Å²) < 4.78 is 44.6. The smallest absolute Gasteiger partial charge is 0.416 e. The Labute approximate surface area is 167 Å². The van der Waals surface area contributed by atoms with Crippen molar-refractivity contribution in [1.82, 2.24) is 9.88 Å². The van der Waals surface area contributed by atoms with E-state index in [1.54, 1.807) is 4.90 Å². The van der Waals surface area contributed by atoms with Gasteiger partial charge in [-0.15, -0.1) is 0 Å². The van der Waals surface area contributed by atoms with Crippen LogP contribution in [-0.2, 0) is 17.5 Å². The second-order valence-electron chi connectivity index (χ2n) is 7.42. The number of pyridine rings is 1. The molecule has 2 bridgehead atoms. The first kappa shape index (κ1) is 19.5. The highest BCUT2D eigenvalue weighted by Gasteiger charge is 2.39. The van der Waals surface area contributed by atoms with Crippen molar-refractivity contribution in [1.29, 1.82) is 0 Å². The molecule has 1 aromatic heterocycles. The molecule has 2 unspecified atom stereocenters. The largest absolute Gasteiger partial charge is 0.445 e. The van der Waals surface area contributed by atoms with Crippen LogP contribution in [-0.4, -0.2) is 28.1 Å². The second-order valence-corrected chi connectivity index (χ2v) is 7.42. The van der Waals surface area contributed by atoms with Crippen molar-refractivity contribution in [3.05, 3.63) is 71.6 Å². The van der Waals surface area contributed by atoms with Crippen LogP contribution < -0.4 is 0 Å². The molecule has 2 atom stereocenters. The zero-order chi connectivity index (χ0) is 20.4. The Morgan fingerprint density at radius 3 is 2.69 bits per heavy atom. The number of hydrogen-bond donors (Lipinski definition) is 0. The molecule has 7 heteroatoms. The maximum absolute atomic E-state index is 13.0. The molecule has 0 saturated carbocycles. The molecule has 0 N–H and O–H groups in total. The van der Waals surface area contributed by atoms with Gasteiger partial charge in [0.1, 0.15) is 6.61 Å². The fraction of sp³-hybridized carbons (Fsp3) is 0.364. The number of ether oxygens (including phenoxy) is 1. The SMILES string of the molecule is O=C(OCc1ccccc1)N1C2C=C(c3cc(C(F)(F)F)ccn3)CC1CCC2. The molecule has 1 saturated heterocycles. The topological polar surface area (TPSA) is 42.4 Å². The average molecular weight is 402 g/mol. The summed E-state index contributed by atoms with van der Waals surface area (Å²) in [6.07, 6.45) is 1.29. The molecule has 0 radical (unpaired) electrons. The van der Waals surface area contributed by atoms with E-state index in [0.717, 1.165) is 42.5 Å². The van der Waals surface area contributed by atoms with Crippen molar-refractivity contribution in [2.45, 2.75) is 50.6 Å². The van der Waals surface area contributed by atoms with Crippen LogP contribution in [0.3, 0.4) is 0 Å². The van der Waals surface area contributed by atoms with Crippen molar-refractivity contribution in [2.75, 3.05) is 0 Å². The predicted molar refractivity (Wildman–Crippen MR) is 102 cm³/mol. The standard InChI is InChI=1S/C22H21F3N2O2/c23-22(24,25)17-9-10-26-20(13-17)16-11-18-7-4-8-19(12-16)27(18)21(28)29-14-15-5-2-1-3-6-15/h1-3,5-6,9-11,13,18-19H,4,7-8,12,14H2. The third kappa shape index (κ3) is 4.28. The van der Waals surface area contributed by atoms with Gasteiger partial charge in [-0.25, -0.2) is 4.79 Å². The molecular formula is C22H21F3N2O2. The van der Waals surface area contributed by atoms with Gasteiger partial charge in [-0.05, 0) is 49.0 Å². The van der Waals surface area contributed by atoms with E-state index in [2.05, 4.69) is 4.98 Å². The van der Waals surface area contributed by atoms with Crippen molar-refractivity contribution in [2.24, 2.45) is 0 Å². The monoisotopic (exact) mass is 402 g/mol. The Balaban J connectivity index is 1.52. The summed E-state index contributed by atoms with van der Waals surface area (Å²) in [5, 5.41) is 0. The number of alkyl halides is 3. The Morgan fingerprint density at radius 1 is 1.17 bits per heavy atom. The maximum atomic E-state index is 13.0. The van der Waals surface area contributed by atoms with Gasteiger partial charge < -0.3 is 4.74 Å². The first-order chi connectivity index (χ1) is 13.9. The highest BCUT2D eigenvalue weighted by molar-refractivity contribution is 5.73. The molecule has 3 heterocycles. The lowest BCUT2D eigenvalue weighted by Crippen LogP contribution is -2.51. The second kappa shape index (κ2) is 7.89. The Kier molecular flexibility index (Phi) is 5.30. The summed E-state index contributed by atoms with van der Waals surface area (Å²) in [5.41, 5.74) is 1.29. The first-order valence-corrected chi connectivity index (χ1v) is 9.65. The van der Waals surface area contributed by atoms with Crippen LogP contribution in [0.2, 0.25) is 0 Å². The van der Waals surface area contributed by atoms with E-state index in [0.29, 0.717) is 12.1 Å². The number of aromatic nitrogens is 1. The van der Waals surface area contributed by atoms with Crippen molar-refractivity contribution >= 4 is 11.7 Å². The Hall–Kier alpha value is -2.83. The van der Waals surface area contributed by atoms with Crippen molar-refractivity contribution in [3.8, 4) is 0 Å². The minimum absolute atomic E-state index is 0.0895. The molecule has 2 aliphatic rings. The van der Waals surface area contributed by atoms with Gasteiger partial charge in [0.15, 0.2) is 0 Å². The van der Waals surface area contributed by atoms with Crippen molar-refractivity contribution < 1.29 is 22.7 Å². The molecule has 2 aliphatic heterocycles. The third-order valence-electron chi connectivity index (χ3n) is 5.47. The van der Waals surface area contributed by atoms with Gasteiger partial charge in [-0.3, -0.25) is 9.88 Å². The number of hydrogen-bond acceptors (Lipinski definition) is 3. The van der Waals surface area contributed by atoms with Crippen LogP contribution >= 0.6 is 0 Å². The van der Waals surface area contributed by atoms with Crippen LogP contribution in [0.1, 0.15) is 42.5 Å². The van der Waals surface area contributed by atoms with Crippen LogP contribution in [0.25, 0.3) is 5.57 Å². The number of halogens is 3. The quantitative estimate of drug-likeness (QED) is 0.686. The van der Waals surface area contributed by atoms with Gasteiger partial charge in [0, 0.05) is 12.2 Å². The van der Waals surface area contributed by atoms with E-state index >= 15 is 0 Å². The van der Waals surface area contributed by atoms with Gasteiger partial charge in [0.2, 0.25) is 0 Å². The molecule has 1 amide bonds. The molecule has 0 spiro atoms. The zero-order valence-electron chi connectivity index (χ0n) is 15.7. The molecule has 152 valence electrons. The van der Waals surface area contributed by atoms with E-state index < -0.39 is 11.7 Å². The lowest BCUT2D eigenvalue weighted by Gasteiger charge is -2.44. The van der Waals surface area contributed by atoms with Crippen LogP contribution in [0.15, 0.2) is 54.7 Å². The minimum Gasteiger partial charge on any atom is -0.445 e. The number of fused-ring (bicyclic) bond motifs is 2. The summed E-state index contributed by atoms with van der Waals surface area (Å²) in [6.45, 7) is 0.196. The number of rotatable bonds is 3. The maximum Gasteiger partial charge on any atom is 0.416 e. The number of amides is 1. The van der Waals surface area contributed by atoms with E-state index in [4.69, 9.17) is 4.74 Å². The van der Waals surface area contributed by atoms with Gasteiger partial charge in [-0.1, -0.05) is 36.4 Å². The highest BCUT2D eigenvalue weighted by atomic mass is 19.4. The highest BCUT2D eigenvalue weighted by Crippen LogP contribution is 2.38. The molecule has 4 nitrogen and oxygen atoms in total. The Bertz CT molecular complexity index is 912. The lowest BCUT2D eigenvalue weighted by molar-refractivity contribution is -0.137. The molecule has 0 aliphatic carbocycles. The number of benzene rings is 1. The summed E-state index contributed by atoms with van der Waals surface area (Å²) in [6, 6.07) is 11.2. The summed E-state index contributed by atoms with van der Waals surface area (Å²) >= 11 is 0. The van der Waals surface area contributed by atoms with E-state index in [1.807, 2.05) is 36.4 Å². The fourth-order valence-electron chi connectivity index (χ4n) is 4.08. The summed E-state index contributed by atoms with van der Waals surface area (Å²) in [5.74, 6) is 0. The van der Waals surface area contributed by atoms with Crippen LogP contribution in [0.4, 0.5) is 18.0 Å². The average Bonchev–Trinajstić information content (AvgIpc) is 2.71. The summed E-state index contributed by atoms with van der Waals surface area (Å²) in [7, 11) is 0. The van der Waals surface area contributed by atoms with E-state index in [-0.39, 0.29) is 24.8 Å². The number of carbonyl (C=O) groups is 1. The van der Waals surface area contributed by atoms with Crippen LogP contribution in [0, 0.1) is 0 Å². The van der Waals surface area contributed by atoms with Crippen LogP contribution in [0.5, 0.6) is 0 Å². The molecule has 1 fully saturated rings. The Morgan fingerprint density at radius 2 is 1.97 bits per heavy atom. The molecule has 1 aromatic carbocycles. The van der Waals surface area contributed by atoms with Gasteiger partial charge in [0.05, 0.1) is 17.3 Å². The zero-order valence-corrected chi connectivity index (χ0v) is 15.7. The number of piperidine rings is 1. The normalized spacial score (nSPS) is 21.5. The molecule has 29 heavy (non-hydrogen) atoms. The summed E-state index contributed by atoms with van der Waals surface area (Å²) in [4.78, 5) is 18.6. The molecular weight excluding hydrogens is 381 g/mol. The van der Waals surface area contributed by atoms with Gasteiger partial charge in [-0.2, -0.15) is 13.2 Å². The van der Waals surface area contributed by atoms with Crippen molar-refractivity contribution in [3.63, 3.8) is 0 Å². The van der Waals surface area contributed by atoms with E-state index in [9.17, 15) is 18.0 Å². The minimum atomic E-state index is -4.41. The van der Waals surface area contributed by atoms with Gasteiger partial charge in [0.25, 0.3) is 0 Å². The molecule has 4 rings (SSSR count). The predicted octanol–water partition coefficient (Wildman–Crippen LogP) is 5.45. The third-order valence-corrected chi connectivity index (χ3v) is 5.47. The van der Waals surface area contributed by atoms with E-state index in [1.165, 1.54) is 6.20 Å². The van der Waals surface area contributed by atoms with Gasteiger partial charge >= 0.3 is 12.3 Å². The first-order valence-electron chi connectivity index (χ1n) is 9.65. The lowest BCUT2D eigenvalue weighted by atomic mass is 9.84. The molecule has 2 aromatic rings. The fourth-order valence-corrected chi connectivity index (χ4v) is 4.08. The number of nitrogens with zero attached hydrogens (tertiary/aromatic N) is 2. The number of carbonyl (C=O) groups excluding carboxylic acids is 1.